The van der Waals surface area contributed by atoms with Gasteiger partial charge in [0.25, 0.3) is 0 Å². The van der Waals surface area contributed by atoms with Crippen LogP contribution in [0.15, 0.2) is 12.4 Å². The summed E-state index contributed by atoms with van der Waals surface area (Å²) in [6, 6.07) is 0. The first-order valence-electron chi connectivity index (χ1n) is 4.97. The summed E-state index contributed by atoms with van der Waals surface area (Å²) in [7, 11) is 3.63. The van der Waals surface area contributed by atoms with Crippen molar-refractivity contribution in [3.63, 3.8) is 0 Å². The van der Waals surface area contributed by atoms with Gasteiger partial charge in [-0.2, -0.15) is 5.10 Å². The molecule has 0 spiro atoms. The summed E-state index contributed by atoms with van der Waals surface area (Å²) in [5.41, 5.74) is 6.47. The minimum absolute atomic E-state index is 0.0707. The fourth-order valence-electron chi connectivity index (χ4n) is 1.38. The third-order valence-electron chi connectivity index (χ3n) is 2.33. The Morgan fingerprint density at radius 2 is 2.40 bits per heavy atom. The maximum atomic E-state index is 11.7. The van der Waals surface area contributed by atoms with Crippen LogP contribution in [-0.4, -0.2) is 34.2 Å². The Bertz CT molecular complexity index is 334. The fraction of sp³-hybridized carbons (Fsp3) is 0.600. The number of aromatic nitrogens is 2. The summed E-state index contributed by atoms with van der Waals surface area (Å²) in [6.45, 7) is 2.80. The number of rotatable bonds is 4. The van der Waals surface area contributed by atoms with Gasteiger partial charge in [0.05, 0.1) is 6.20 Å². The van der Waals surface area contributed by atoms with E-state index in [9.17, 15) is 4.79 Å². The first kappa shape index (κ1) is 11.7. The molecule has 0 saturated heterocycles. The average molecular weight is 210 g/mol. The molecular weight excluding hydrogens is 192 g/mol. The van der Waals surface area contributed by atoms with Crippen LogP contribution in [0.1, 0.15) is 12.5 Å². The summed E-state index contributed by atoms with van der Waals surface area (Å²) in [6.07, 6.45) is 3.66. The number of amides is 1. The number of carbonyl (C=O) groups is 1. The van der Waals surface area contributed by atoms with Crippen LogP contribution in [0, 0.1) is 5.92 Å². The van der Waals surface area contributed by atoms with Crippen molar-refractivity contribution in [1.82, 2.24) is 14.7 Å². The van der Waals surface area contributed by atoms with Gasteiger partial charge in [-0.05, 0) is 0 Å². The van der Waals surface area contributed by atoms with Crippen LogP contribution in [0.25, 0.3) is 0 Å². The monoisotopic (exact) mass is 210 g/mol. The van der Waals surface area contributed by atoms with Crippen LogP contribution < -0.4 is 5.73 Å². The number of nitrogens with zero attached hydrogens (tertiary/aromatic N) is 3. The van der Waals surface area contributed by atoms with Crippen molar-refractivity contribution in [3.05, 3.63) is 18.0 Å². The Morgan fingerprint density at radius 1 is 1.73 bits per heavy atom. The van der Waals surface area contributed by atoms with E-state index in [0.717, 1.165) is 5.56 Å². The number of hydrogen-bond donors (Lipinski definition) is 1. The lowest BCUT2D eigenvalue weighted by Gasteiger charge is -2.19. The second kappa shape index (κ2) is 4.93. The van der Waals surface area contributed by atoms with Crippen LogP contribution in [0.5, 0.6) is 0 Å². The standard InChI is InChI=1S/C10H18N4O/c1-8(4-11)10(15)13(2)6-9-5-12-14(3)7-9/h5,7-8H,4,6,11H2,1-3H3. The predicted octanol–water partition coefficient (Wildman–Crippen LogP) is -0.0267. The molecule has 1 amide bonds. The quantitative estimate of drug-likeness (QED) is 0.759. The molecule has 0 bridgehead atoms. The number of hydrogen-bond acceptors (Lipinski definition) is 3. The molecule has 15 heavy (non-hydrogen) atoms. The summed E-state index contributed by atoms with van der Waals surface area (Å²) >= 11 is 0. The molecule has 1 unspecified atom stereocenters. The molecule has 0 saturated carbocycles. The van der Waals surface area contributed by atoms with Crippen molar-refractivity contribution >= 4 is 5.91 Å². The third-order valence-corrected chi connectivity index (χ3v) is 2.33. The summed E-state index contributed by atoms with van der Waals surface area (Å²) in [5.74, 6) is -0.0481. The highest BCUT2D eigenvalue weighted by Gasteiger charge is 2.16. The Kier molecular flexibility index (Phi) is 3.85. The molecule has 0 fully saturated rings. The van der Waals surface area contributed by atoms with E-state index in [4.69, 9.17) is 5.73 Å². The molecule has 1 heterocycles. The lowest BCUT2D eigenvalue weighted by molar-refractivity contribution is -0.133. The summed E-state index contributed by atoms with van der Waals surface area (Å²) < 4.78 is 1.72. The summed E-state index contributed by atoms with van der Waals surface area (Å²) in [4.78, 5) is 13.4. The van der Waals surface area contributed by atoms with Crippen LogP contribution >= 0.6 is 0 Å². The maximum absolute atomic E-state index is 11.7. The lowest BCUT2D eigenvalue weighted by atomic mass is 10.1. The van der Waals surface area contributed by atoms with Crippen molar-refractivity contribution < 1.29 is 4.79 Å². The molecule has 5 nitrogen and oxygen atoms in total. The number of nitrogens with two attached hydrogens (primary N) is 1. The van der Waals surface area contributed by atoms with Crippen molar-refractivity contribution in [2.24, 2.45) is 18.7 Å². The lowest BCUT2D eigenvalue weighted by Crippen LogP contribution is -2.34. The highest BCUT2D eigenvalue weighted by Crippen LogP contribution is 2.05. The first-order chi connectivity index (χ1) is 7.04. The van der Waals surface area contributed by atoms with Crippen LogP contribution in [0.3, 0.4) is 0 Å². The van der Waals surface area contributed by atoms with Gasteiger partial charge in [-0.3, -0.25) is 9.48 Å². The van der Waals surface area contributed by atoms with Gasteiger partial charge in [-0.15, -0.1) is 0 Å². The minimum Gasteiger partial charge on any atom is -0.341 e. The Balaban J connectivity index is 2.55. The van der Waals surface area contributed by atoms with E-state index in [2.05, 4.69) is 5.10 Å². The van der Waals surface area contributed by atoms with Crippen LogP contribution in [0.2, 0.25) is 0 Å². The van der Waals surface area contributed by atoms with E-state index >= 15 is 0 Å². The Morgan fingerprint density at radius 3 is 2.87 bits per heavy atom. The molecule has 5 heteroatoms. The van der Waals surface area contributed by atoms with Gasteiger partial charge in [-0.25, -0.2) is 0 Å². The normalized spacial score (nSPS) is 12.5. The van der Waals surface area contributed by atoms with Gasteiger partial charge in [-0.1, -0.05) is 6.92 Å². The molecule has 84 valence electrons. The van der Waals surface area contributed by atoms with Crippen molar-refractivity contribution in [2.75, 3.05) is 13.6 Å². The highest BCUT2D eigenvalue weighted by molar-refractivity contribution is 5.78. The fourth-order valence-corrected chi connectivity index (χ4v) is 1.38. The van der Waals surface area contributed by atoms with Gasteiger partial charge in [0, 0.05) is 44.9 Å². The smallest absolute Gasteiger partial charge is 0.226 e. The molecule has 0 aliphatic carbocycles. The zero-order chi connectivity index (χ0) is 11.4. The first-order valence-corrected chi connectivity index (χ1v) is 4.97. The van der Waals surface area contributed by atoms with Crippen LogP contribution in [0.4, 0.5) is 0 Å². The molecule has 1 aromatic heterocycles. The van der Waals surface area contributed by atoms with E-state index in [1.165, 1.54) is 0 Å². The van der Waals surface area contributed by atoms with Gasteiger partial charge in [0.2, 0.25) is 5.91 Å². The maximum Gasteiger partial charge on any atom is 0.226 e. The highest BCUT2D eigenvalue weighted by atomic mass is 16.2. The Hall–Kier alpha value is -1.36. The van der Waals surface area contributed by atoms with Crippen molar-refractivity contribution in [2.45, 2.75) is 13.5 Å². The number of carbonyl (C=O) groups excluding carboxylic acids is 1. The van der Waals surface area contributed by atoms with E-state index in [1.807, 2.05) is 20.2 Å². The molecule has 0 aliphatic rings. The second-order valence-corrected chi connectivity index (χ2v) is 3.85. The predicted molar refractivity (Wildman–Crippen MR) is 57.9 cm³/mol. The molecule has 0 radical (unpaired) electrons. The van der Waals surface area contributed by atoms with E-state index < -0.39 is 0 Å². The largest absolute Gasteiger partial charge is 0.341 e. The topological polar surface area (TPSA) is 64.2 Å². The van der Waals surface area contributed by atoms with E-state index in [-0.39, 0.29) is 11.8 Å². The SMILES string of the molecule is CC(CN)C(=O)N(C)Cc1cnn(C)c1. The molecule has 1 rings (SSSR count). The molecule has 2 N–H and O–H groups in total. The van der Waals surface area contributed by atoms with Crippen LogP contribution in [-0.2, 0) is 18.4 Å². The molecule has 0 aliphatic heterocycles. The van der Waals surface area contributed by atoms with Crippen molar-refractivity contribution in [1.29, 1.82) is 0 Å². The average Bonchev–Trinajstić information content (AvgIpc) is 2.61. The zero-order valence-electron chi connectivity index (χ0n) is 9.47. The van der Waals surface area contributed by atoms with Gasteiger partial charge < -0.3 is 10.6 Å². The second-order valence-electron chi connectivity index (χ2n) is 3.85. The third kappa shape index (κ3) is 3.06. The van der Waals surface area contributed by atoms with Gasteiger partial charge in [0.15, 0.2) is 0 Å². The van der Waals surface area contributed by atoms with E-state index in [1.54, 1.807) is 22.8 Å². The summed E-state index contributed by atoms with van der Waals surface area (Å²) in [5, 5.41) is 4.05. The number of aryl methyl sites for hydroxylation is 1. The van der Waals surface area contributed by atoms with E-state index in [0.29, 0.717) is 13.1 Å². The van der Waals surface area contributed by atoms with Gasteiger partial charge >= 0.3 is 0 Å². The Labute approximate surface area is 89.9 Å². The van der Waals surface area contributed by atoms with Crippen molar-refractivity contribution in [3.8, 4) is 0 Å². The minimum atomic E-state index is -0.119. The molecule has 1 aromatic rings. The van der Waals surface area contributed by atoms with Gasteiger partial charge in [0.1, 0.15) is 0 Å². The molecule has 0 aromatic carbocycles. The molecular formula is C10H18N4O. The molecule has 1 atom stereocenters. The zero-order valence-corrected chi connectivity index (χ0v) is 9.47.